The Morgan fingerprint density at radius 2 is 1.60 bits per heavy atom. The highest BCUT2D eigenvalue weighted by atomic mass is 35.5. The largest absolute Gasteiger partial charge is 0.352 e. The van der Waals surface area contributed by atoms with Gasteiger partial charge in [0.1, 0.15) is 6.04 Å². The Labute approximate surface area is 218 Å². The SMILES string of the molecule is CC[C@H](C)NC(=O)[C@@H](Cc1ccccc1)N(Cc1ccc(Cl)c(Cl)c1)C(=O)Cc1ccccc1C. The lowest BCUT2D eigenvalue weighted by atomic mass is 10.00. The third-order valence-electron chi connectivity index (χ3n) is 6.21. The number of benzene rings is 3. The smallest absolute Gasteiger partial charge is 0.243 e. The number of nitrogens with zero attached hydrogens (tertiary/aromatic N) is 1. The van der Waals surface area contributed by atoms with Crippen molar-refractivity contribution < 1.29 is 9.59 Å². The van der Waals surface area contributed by atoms with Crippen LogP contribution in [0.4, 0.5) is 0 Å². The molecule has 0 heterocycles. The van der Waals surface area contributed by atoms with Gasteiger partial charge in [-0.15, -0.1) is 0 Å². The van der Waals surface area contributed by atoms with E-state index in [1.54, 1.807) is 17.0 Å². The average molecular weight is 511 g/mol. The molecule has 0 fully saturated rings. The fourth-order valence-corrected chi connectivity index (χ4v) is 4.22. The van der Waals surface area contributed by atoms with E-state index in [0.29, 0.717) is 16.5 Å². The summed E-state index contributed by atoms with van der Waals surface area (Å²) in [5.41, 5.74) is 3.78. The molecule has 2 atom stereocenters. The van der Waals surface area contributed by atoms with Crippen LogP contribution in [0.1, 0.15) is 42.5 Å². The maximum atomic E-state index is 13.8. The van der Waals surface area contributed by atoms with Crippen LogP contribution >= 0.6 is 23.2 Å². The molecule has 3 aromatic carbocycles. The molecule has 2 amide bonds. The highest BCUT2D eigenvalue weighted by Gasteiger charge is 2.31. The maximum Gasteiger partial charge on any atom is 0.243 e. The van der Waals surface area contributed by atoms with Crippen LogP contribution < -0.4 is 5.32 Å². The first-order valence-corrected chi connectivity index (χ1v) is 12.7. The topological polar surface area (TPSA) is 49.4 Å². The van der Waals surface area contributed by atoms with Crippen molar-refractivity contribution in [3.8, 4) is 0 Å². The van der Waals surface area contributed by atoms with Crippen molar-refractivity contribution in [1.29, 1.82) is 0 Å². The van der Waals surface area contributed by atoms with Gasteiger partial charge in [0.25, 0.3) is 0 Å². The second-order valence-electron chi connectivity index (χ2n) is 8.90. The number of hydrogen-bond donors (Lipinski definition) is 1. The zero-order chi connectivity index (χ0) is 25.4. The number of amides is 2. The normalized spacial score (nSPS) is 12.6. The molecule has 0 aliphatic heterocycles. The van der Waals surface area contributed by atoms with Crippen LogP contribution in [0.3, 0.4) is 0 Å². The summed E-state index contributed by atoms with van der Waals surface area (Å²) in [7, 11) is 0. The van der Waals surface area contributed by atoms with Crippen molar-refractivity contribution in [3.05, 3.63) is 105 Å². The van der Waals surface area contributed by atoms with Gasteiger partial charge < -0.3 is 10.2 Å². The Morgan fingerprint density at radius 3 is 2.26 bits per heavy atom. The summed E-state index contributed by atoms with van der Waals surface area (Å²) in [6.07, 6.45) is 1.41. The van der Waals surface area contributed by atoms with Crippen LogP contribution in [0.15, 0.2) is 72.8 Å². The van der Waals surface area contributed by atoms with Gasteiger partial charge in [-0.05, 0) is 54.7 Å². The lowest BCUT2D eigenvalue weighted by Crippen LogP contribution is -2.52. The molecule has 4 nitrogen and oxygen atoms in total. The molecule has 0 aliphatic rings. The Balaban J connectivity index is 2.00. The number of carbonyl (C=O) groups is 2. The Hall–Kier alpha value is -2.82. The molecular formula is C29H32Cl2N2O2. The summed E-state index contributed by atoms with van der Waals surface area (Å²) < 4.78 is 0. The van der Waals surface area contributed by atoms with Crippen LogP contribution in [-0.2, 0) is 29.0 Å². The first-order chi connectivity index (χ1) is 16.8. The van der Waals surface area contributed by atoms with Crippen LogP contribution in [-0.4, -0.2) is 28.8 Å². The number of nitrogens with one attached hydrogen (secondary N) is 1. The van der Waals surface area contributed by atoms with Gasteiger partial charge in [-0.1, -0.05) is 90.8 Å². The molecule has 0 saturated carbocycles. The molecule has 0 aliphatic carbocycles. The van der Waals surface area contributed by atoms with Crippen LogP contribution in [0.5, 0.6) is 0 Å². The predicted octanol–water partition coefficient (Wildman–Crippen LogP) is 6.40. The van der Waals surface area contributed by atoms with Gasteiger partial charge in [-0.3, -0.25) is 9.59 Å². The molecule has 0 unspecified atom stereocenters. The lowest BCUT2D eigenvalue weighted by Gasteiger charge is -2.32. The number of aryl methyl sites for hydroxylation is 1. The van der Waals surface area contributed by atoms with Gasteiger partial charge in [0.05, 0.1) is 16.5 Å². The van der Waals surface area contributed by atoms with E-state index >= 15 is 0 Å². The minimum Gasteiger partial charge on any atom is -0.352 e. The van der Waals surface area contributed by atoms with Gasteiger partial charge in [0.2, 0.25) is 11.8 Å². The number of hydrogen-bond acceptors (Lipinski definition) is 2. The Bertz CT molecular complexity index is 1150. The second kappa shape index (κ2) is 12.8. The third kappa shape index (κ3) is 7.58. The molecule has 35 heavy (non-hydrogen) atoms. The molecule has 184 valence electrons. The fraction of sp³-hybridized carbons (Fsp3) is 0.310. The molecule has 0 saturated heterocycles. The van der Waals surface area contributed by atoms with E-state index in [9.17, 15) is 9.59 Å². The third-order valence-corrected chi connectivity index (χ3v) is 6.95. The summed E-state index contributed by atoms with van der Waals surface area (Å²) in [6.45, 7) is 6.22. The van der Waals surface area contributed by atoms with Crippen LogP contribution in [0.25, 0.3) is 0 Å². The Morgan fingerprint density at radius 1 is 0.914 bits per heavy atom. The minimum absolute atomic E-state index is 0.000862. The van der Waals surface area contributed by atoms with E-state index < -0.39 is 6.04 Å². The monoisotopic (exact) mass is 510 g/mol. The quantitative estimate of drug-likeness (QED) is 0.343. The average Bonchev–Trinajstić information content (AvgIpc) is 2.85. The van der Waals surface area contributed by atoms with Crippen molar-refractivity contribution in [1.82, 2.24) is 10.2 Å². The first-order valence-electron chi connectivity index (χ1n) is 11.9. The van der Waals surface area contributed by atoms with Gasteiger partial charge in [-0.25, -0.2) is 0 Å². The van der Waals surface area contributed by atoms with Crippen molar-refractivity contribution in [3.63, 3.8) is 0 Å². The van der Waals surface area contributed by atoms with Crippen molar-refractivity contribution in [2.75, 3.05) is 0 Å². The summed E-state index contributed by atoms with van der Waals surface area (Å²) in [5, 5.41) is 3.95. The molecular weight excluding hydrogens is 479 g/mol. The molecule has 0 spiro atoms. The van der Waals surface area contributed by atoms with Crippen molar-refractivity contribution in [2.24, 2.45) is 0 Å². The van der Waals surface area contributed by atoms with Crippen molar-refractivity contribution >= 4 is 35.0 Å². The van der Waals surface area contributed by atoms with Crippen LogP contribution in [0.2, 0.25) is 10.0 Å². The summed E-state index contributed by atoms with van der Waals surface area (Å²) in [6, 6.07) is 22.2. The number of rotatable bonds is 10. The van der Waals surface area contributed by atoms with E-state index in [2.05, 4.69) is 5.32 Å². The second-order valence-corrected chi connectivity index (χ2v) is 9.71. The standard InChI is InChI=1S/C29H32Cl2N2O2/c1-4-21(3)32-29(35)27(17-22-11-6-5-7-12-22)33(19-23-14-15-25(30)26(31)16-23)28(34)18-24-13-9-8-10-20(24)2/h5-16,21,27H,4,17-19H2,1-3H3,(H,32,35)/t21-,27+/m0/s1. The fourth-order valence-electron chi connectivity index (χ4n) is 3.90. The van der Waals surface area contributed by atoms with Gasteiger partial charge in [0, 0.05) is 19.0 Å². The lowest BCUT2D eigenvalue weighted by molar-refractivity contribution is -0.141. The predicted molar refractivity (Wildman–Crippen MR) is 144 cm³/mol. The summed E-state index contributed by atoms with van der Waals surface area (Å²) >= 11 is 12.4. The molecule has 6 heteroatoms. The zero-order valence-corrected chi connectivity index (χ0v) is 21.9. The molecule has 3 aromatic rings. The van der Waals surface area contributed by atoms with Crippen molar-refractivity contribution in [2.45, 2.75) is 58.7 Å². The van der Waals surface area contributed by atoms with E-state index in [0.717, 1.165) is 28.7 Å². The molecule has 0 aromatic heterocycles. The van der Waals surface area contributed by atoms with E-state index in [-0.39, 0.29) is 30.8 Å². The van der Waals surface area contributed by atoms with E-state index in [1.165, 1.54) is 0 Å². The van der Waals surface area contributed by atoms with E-state index in [1.807, 2.05) is 81.4 Å². The number of carbonyl (C=O) groups excluding carboxylic acids is 2. The van der Waals surface area contributed by atoms with Gasteiger partial charge in [0.15, 0.2) is 0 Å². The molecule has 3 rings (SSSR count). The zero-order valence-electron chi connectivity index (χ0n) is 20.4. The molecule has 1 N–H and O–H groups in total. The summed E-state index contributed by atoms with van der Waals surface area (Å²) in [5.74, 6) is -0.285. The van der Waals surface area contributed by atoms with Gasteiger partial charge in [-0.2, -0.15) is 0 Å². The molecule has 0 radical (unpaired) electrons. The minimum atomic E-state index is -0.683. The van der Waals surface area contributed by atoms with Gasteiger partial charge >= 0.3 is 0 Å². The van der Waals surface area contributed by atoms with Crippen LogP contribution in [0, 0.1) is 6.92 Å². The highest BCUT2D eigenvalue weighted by molar-refractivity contribution is 6.42. The molecule has 0 bridgehead atoms. The highest BCUT2D eigenvalue weighted by Crippen LogP contribution is 2.25. The van der Waals surface area contributed by atoms with E-state index in [4.69, 9.17) is 23.2 Å². The number of halogens is 2. The summed E-state index contributed by atoms with van der Waals surface area (Å²) in [4.78, 5) is 29.0. The Kier molecular flexibility index (Phi) is 9.76. The maximum absolute atomic E-state index is 13.8. The first kappa shape index (κ1) is 26.8.